The summed E-state index contributed by atoms with van der Waals surface area (Å²) < 4.78 is 35.0. The van der Waals surface area contributed by atoms with E-state index in [1.54, 1.807) is 22.9 Å². The Bertz CT molecular complexity index is 1320. The molecule has 1 atom stereocenters. The van der Waals surface area contributed by atoms with Crippen LogP contribution in [0.4, 0.5) is 5.69 Å². The van der Waals surface area contributed by atoms with Crippen LogP contribution < -0.4 is 4.90 Å². The van der Waals surface area contributed by atoms with Crippen molar-refractivity contribution in [2.75, 3.05) is 50.0 Å². The molecule has 5 rings (SSSR count). The summed E-state index contributed by atoms with van der Waals surface area (Å²) in [5.41, 5.74) is 4.33. The molecule has 194 valence electrons. The number of H-pyrrole nitrogens is 1. The van der Waals surface area contributed by atoms with E-state index in [-0.39, 0.29) is 18.3 Å². The second-order valence-corrected chi connectivity index (χ2v) is 11.6. The molecular weight excluding hydrogens is 488 g/mol. The summed E-state index contributed by atoms with van der Waals surface area (Å²) in [5.74, 6) is 0.0477. The molecule has 0 amide bonds. The minimum atomic E-state index is -3.60. The van der Waals surface area contributed by atoms with Crippen molar-refractivity contribution in [1.29, 1.82) is 5.26 Å². The lowest BCUT2D eigenvalue weighted by atomic mass is 10.1. The topological polar surface area (TPSA) is 106 Å². The number of hydrogen-bond acceptors (Lipinski definition) is 7. The van der Waals surface area contributed by atoms with Gasteiger partial charge in [-0.1, -0.05) is 30.3 Å². The van der Waals surface area contributed by atoms with Crippen LogP contribution in [0.5, 0.6) is 0 Å². The monoisotopic (exact) mass is 520 g/mol. The van der Waals surface area contributed by atoms with Gasteiger partial charge in [0.15, 0.2) is 0 Å². The molecule has 0 saturated carbocycles. The summed E-state index contributed by atoms with van der Waals surface area (Å²) in [6.45, 7) is 4.54. The predicted octanol–water partition coefficient (Wildman–Crippen LogP) is 2.38. The molecule has 0 bridgehead atoms. The Labute approximate surface area is 218 Å². The standard InChI is InChI=1S/C27H32N6O3S/c28-16-23-6-7-27-24(14-23)18-33(37(34,35)13-10-31-8-11-36-12-9-31)26(15-22-4-2-1-3-5-22)20-32(27)19-25-17-29-21-30-25/h1-7,14,17,21,26H,8-13,15,18-20H2,(H,29,30). The quantitative estimate of drug-likeness (QED) is 0.486. The number of benzene rings is 2. The van der Waals surface area contributed by atoms with Gasteiger partial charge in [0.1, 0.15) is 0 Å². The lowest BCUT2D eigenvalue weighted by molar-refractivity contribution is 0.0406. The average Bonchev–Trinajstić information content (AvgIpc) is 3.38. The van der Waals surface area contributed by atoms with Crippen LogP contribution in [-0.4, -0.2) is 78.8 Å². The lowest BCUT2D eigenvalue weighted by Gasteiger charge is -2.33. The van der Waals surface area contributed by atoms with Gasteiger partial charge in [0, 0.05) is 50.6 Å². The SMILES string of the molecule is N#Cc1ccc2c(c1)CN(S(=O)(=O)CCN1CCOCC1)C(Cc1ccccc1)CN2Cc1cnc[nH]1. The van der Waals surface area contributed by atoms with E-state index in [0.717, 1.165) is 35.6 Å². The highest BCUT2D eigenvalue weighted by atomic mass is 32.2. The van der Waals surface area contributed by atoms with Crippen LogP contribution in [-0.2, 0) is 34.3 Å². The Kier molecular flexibility index (Phi) is 7.86. The zero-order valence-electron chi connectivity index (χ0n) is 20.8. The number of ether oxygens (including phenoxy) is 1. The summed E-state index contributed by atoms with van der Waals surface area (Å²) in [6, 6.07) is 17.5. The molecule has 37 heavy (non-hydrogen) atoms. The highest BCUT2D eigenvalue weighted by Gasteiger charge is 2.36. The number of morpholine rings is 1. The van der Waals surface area contributed by atoms with Gasteiger partial charge in [-0.2, -0.15) is 9.57 Å². The predicted molar refractivity (Wildman–Crippen MR) is 141 cm³/mol. The van der Waals surface area contributed by atoms with Gasteiger partial charge in [-0.15, -0.1) is 0 Å². The number of hydrogen-bond donors (Lipinski definition) is 1. The Morgan fingerprint density at radius 1 is 1.14 bits per heavy atom. The molecule has 10 heteroatoms. The number of anilines is 1. The lowest BCUT2D eigenvalue weighted by Crippen LogP contribution is -2.48. The molecule has 1 N–H and O–H groups in total. The number of nitrogens with zero attached hydrogens (tertiary/aromatic N) is 5. The molecule has 1 fully saturated rings. The van der Waals surface area contributed by atoms with Crippen LogP contribution >= 0.6 is 0 Å². The summed E-state index contributed by atoms with van der Waals surface area (Å²) in [4.78, 5) is 11.7. The summed E-state index contributed by atoms with van der Waals surface area (Å²) >= 11 is 0. The molecule has 2 aromatic carbocycles. The van der Waals surface area contributed by atoms with Gasteiger partial charge in [-0.05, 0) is 35.7 Å². The van der Waals surface area contributed by atoms with E-state index in [0.29, 0.717) is 44.8 Å². The number of sulfonamides is 1. The molecule has 3 heterocycles. The Morgan fingerprint density at radius 2 is 1.95 bits per heavy atom. The fraction of sp³-hybridized carbons (Fsp3) is 0.407. The first kappa shape index (κ1) is 25.4. The highest BCUT2D eigenvalue weighted by Crippen LogP contribution is 2.32. The molecule has 1 aromatic heterocycles. The number of fused-ring (bicyclic) bond motifs is 1. The van der Waals surface area contributed by atoms with E-state index in [4.69, 9.17) is 4.74 Å². The van der Waals surface area contributed by atoms with Crippen LogP contribution in [0.2, 0.25) is 0 Å². The summed E-state index contributed by atoms with van der Waals surface area (Å²) in [7, 11) is -3.60. The average molecular weight is 521 g/mol. The largest absolute Gasteiger partial charge is 0.379 e. The maximum atomic E-state index is 13.9. The molecular formula is C27H32N6O3S. The van der Waals surface area contributed by atoms with Crippen molar-refractivity contribution in [1.82, 2.24) is 19.2 Å². The van der Waals surface area contributed by atoms with Crippen molar-refractivity contribution >= 4 is 15.7 Å². The molecule has 0 radical (unpaired) electrons. The highest BCUT2D eigenvalue weighted by molar-refractivity contribution is 7.89. The van der Waals surface area contributed by atoms with Gasteiger partial charge >= 0.3 is 0 Å². The zero-order chi connectivity index (χ0) is 25.7. The van der Waals surface area contributed by atoms with Crippen LogP contribution in [0, 0.1) is 11.3 Å². The number of nitriles is 1. The minimum absolute atomic E-state index is 0.0477. The first-order valence-electron chi connectivity index (χ1n) is 12.6. The molecule has 9 nitrogen and oxygen atoms in total. The molecule has 0 spiro atoms. The molecule has 1 saturated heterocycles. The minimum Gasteiger partial charge on any atom is -0.379 e. The molecule has 1 unspecified atom stereocenters. The van der Waals surface area contributed by atoms with Crippen LogP contribution in [0.3, 0.4) is 0 Å². The smallest absolute Gasteiger partial charge is 0.215 e. The molecule has 2 aliphatic rings. The van der Waals surface area contributed by atoms with Crippen LogP contribution in [0.25, 0.3) is 0 Å². The van der Waals surface area contributed by atoms with E-state index >= 15 is 0 Å². The maximum absolute atomic E-state index is 13.9. The Morgan fingerprint density at radius 3 is 2.68 bits per heavy atom. The number of aromatic amines is 1. The second-order valence-electron chi connectivity index (χ2n) is 9.57. The number of rotatable bonds is 8. The van der Waals surface area contributed by atoms with Crippen molar-refractivity contribution in [2.24, 2.45) is 0 Å². The summed E-state index contributed by atoms with van der Waals surface area (Å²) in [6.07, 6.45) is 4.03. The molecule has 2 aliphatic heterocycles. The third kappa shape index (κ3) is 6.19. The van der Waals surface area contributed by atoms with Crippen LogP contribution in [0.15, 0.2) is 61.1 Å². The van der Waals surface area contributed by atoms with Crippen molar-refractivity contribution in [2.45, 2.75) is 25.6 Å². The van der Waals surface area contributed by atoms with E-state index in [1.165, 1.54) is 0 Å². The third-order valence-corrected chi connectivity index (χ3v) is 8.91. The normalized spacial score (nSPS) is 19.2. The van der Waals surface area contributed by atoms with E-state index in [9.17, 15) is 13.7 Å². The second kappa shape index (κ2) is 11.4. The fourth-order valence-electron chi connectivity index (χ4n) is 5.12. The number of imidazole rings is 1. The van der Waals surface area contributed by atoms with Crippen LogP contribution in [0.1, 0.15) is 22.4 Å². The van der Waals surface area contributed by atoms with E-state index in [2.05, 4.69) is 25.8 Å². The third-order valence-electron chi connectivity index (χ3n) is 7.07. The maximum Gasteiger partial charge on any atom is 0.215 e. The first-order valence-corrected chi connectivity index (χ1v) is 14.2. The van der Waals surface area contributed by atoms with Crippen molar-refractivity contribution in [3.8, 4) is 6.07 Å². The zero-order valence-corrected chi connectivity index (χ0v) is 21.6. The van der Waals surface area contributed by atoms with Gasteiger partial charge < -0.3 is 14.6 Å². The van der Waals surface area contributed by atoms with Crippen molar-refractivity contribution in [3.05, 3.63) is 83.4 Å². The van der Waals surface area contributed by atoms with Gasteiger partial charge in [0.05, 0.1) is 49.2 Å². The fourth-order valence-corrected chi connectivity index (χ4v) is 6.78. The van der Waals surface area contributed by atoms with E-state index in [1.807, 2.05) is 42.5 Å². The van der Waals surface area contributed by atoms with Crippen molar-refractivity contribution < 1.29 is 13.2 Å². The Hall–Kier alpha value is -3.23. The van der Waals surface area contributed by atoms with E-state index < -0.39 is 10.0 Å². The summed E-state index contributed by atoms with van der Waals surface area (Å²) in [5, 5.41) is 9.56. The number of nitrogens with one attached hydrogen (secondary N) is 1. The van der Waals surface area contributed by atoms with Gasteiger partial charge in [-0.25, -0.2) is 13.4 Å². The van der Waals surface area contributed by atoms with Crippen molar-refractivity contribution in [3.63, 3.8) is 0 Å². The number of aromatic nitrogens is 2. The van der Waals surface area contributed by atoms with Gasteiger partial charge in [0.25, 0.3) is 0 Å². The molecule has 0 aliphatic carbocycles. The van der Waals surface area contributed by atoms with Gasteiger partial charge in [0.2, 0.25) is 10.0 Å². The Balaban J connectivity index is 1.50. The molecule has 3 aromatic rings. The first-order chi connectivity index (χ1) is 18.0. The van der Waals surface area contributed by atoms with Gasteiger partial charge in [-0.3, -0.25) is 4.90 Å².